The Morgan fingerprint density at radius 1 is 0.500 bits per heavy atom. The Morgan fingerprint density at radius 2 is 0.886 bits per heavy atom. The summed E-state index contributed by atoms with van der Waals surface area (Å²) in [6, 6.07) is 30.4. The minimum atomic E-state index is -4.39. The van der Waals surface area contributed by atoms with E-state index in [1.165, 1.54) is 23.3 Å². The molecule has 2 atom stereocenters. The largest absolute Gasteiger partial charge is 0.497 e. The fraction of sp³-hybridized carbons (Fsp3) is 0.160. The lowest BCUT2D eigenvalue weighted by Crippen LogP contribution is -2.14. The van der Waals surface area contributed by atoms with Crippen LogP contribution in [0.25, 0.3) is 21.8 Å². The third-order valence-electron chi connectivity index (χ3n) is 12.0. The number of halogens is 6. The van der Waals surface area contributed by atoms with Crippen molar-refractivity contribution in [3.63, 3.8) is 0 Å². The van der Waals surface area contributed by atoms with Crippen LogP contribution in [0.4, 0.5) is 49.4 Å². The van der Waals surface area contributed by atoms with Gasteiger partial charge in [-0.3, -0.25) is 9.44 Å². The summed E-state index contributed by atoms with van der Waals surface area (Å²) in [5.41, 5.74) is 6.14. The zero-order chi connectivity index (χ0) is 49.5. The Balaban J connectivity index is 0.000000174. The second-order valence-corrected chi connectivity index (χ2v) is 19.7. The molecule has 10 rings (SSSR count). The molecule has 0 radical (unpaired) electrons. The molecule has 0 saturated heterocycles. The fourth-order valence-corrected chi connectivity index (χ4v) is 10.7. The molecule has 20 heteroatoms. The predicted octanol–water partition coefficient (Wildman–Crippen LogP) is 11.1. The van der Waals surface area contributed by atoms with Gasteiger partial charge in [0.05, 0.1) is 58.5 Å². The number of rotatable bonds is 12. The van der Waals surface area contributed by atoms with E-state index >= 15 is 0 Å². The highest BCUT2D eigenvalue weighted by Gasteiger charge is 2.27. The number of nitrogens with one attached hydrogen (secondary N) is 4. The number of fused-ring (bicyclic) bond motifs is 4. The van der Waals surface area contributed by atoms with Crippen LogP contribution in [-0.4, -0.2) is 41.0 Å². The van der Waals surface area contributed by atoms with Crippen LogP contribution in [0, 0.1) is 34.9 Å². The topological polar surface area (TPSA) is 161 Å². The second kappa shape index (κ2) is 19.1. The SMILES string of the molecule is COc1ccc2c(c1)C(Nc1ccc3c(NS(=O)(=O)c4cc(F)c(F)c(F)c4)cccc3n1)CC2.COc1ccc2c(c1)C(Nc1ccc3c(NS(=O)(=O)c4cc(F)c(F)c(F)c4)cccc3n1)CC2. The van der Waals surface area contributed by atoms with E-state index in [4.69, 9.17) is 9.47 Å². The lowest BCUT2D eigenvalue weighted by atomic mass is 10.1. The number of ether oxygens (including phenoxy) is 2. The van der Waals surface area contributed by atoms with Crippen molar-refractivity contribution in [3.8, 4) is 11.5 Å². The van der Waals surface area contributed by atoms with Crippen LogP contribution in [-0.2, 0) is 32.9 Å². The summed E-state index contributed by atoms with van der Waals surface area (Å²) >= 11 is 0. The van der Waals surface area contributed by atoms with Crippen LogP contribution in [0.2, 0.25) is 0 Å². The standard InChI is InChI=1S/2C25H20F3N3O3S/c2*1-34-15-7-5-14-6-9-22(18(14)11-15)30-24-10-8-17-21(29-24)3-2-4-23(17)31-35(32,33)16-12-19(26)25(28)20(27)13-16/h2*2-5,7-8,10-13,22,31H,6,9H2,1H3,(H,29,30). The first-order chi connectivity index (χ1) is 33.5. The van der Waals surface area contributed by atoms with Gasteiger partial charge in [0.1, 0.15) is 23.1 Å². The normalized spacial score (nSPS) is 15.1. The summed E-state index contributed by atoms with van der Waals surface area (Å²) in [6.07, 6.45) is 3.65. The Kier molecular flexibility index (Phi) is 12.9. The van der Waals surface area contributed by atoms with Crippen LogP contribution in [0.5, 0.6) is 11.5 Å². The Labute approximate surface area is 397 Å². The highest BCUT2D eigenvalue weighted by molar-refractivity contribution is 7.93. The van der Waals surface area contributed by atoms with Crippen molar-refractivity contribution in [3.05, 3.63) is 178 Å². The van der Waals surface area contributed by atoms with Gasteiger partial charge in [0.15, 0.2) is 34.9 Å². The number of sulfonamides is 2. The lowest BCUT2D eigenvalue weighted by Gasteiger charge is -2.17. The molecule has 0 amide bonds. The molecule has 6 aromatic carbocycles. The smallest absolute Gasteiger partial charge is 0.262 e. The third kappa shape index (κ3) is 9.68. The molecule has 4 N–H and O–H groups in total. The number of hydrogen-bond donors (Lipinski definition) is 4. The Morgan fingerprint density at radius 3 is 1.26 bits per heavy atom. The van der Waals surface area contributed by atoms with E-state index < -0.39 is 64.7 Å². The van der Waals surface area contributed by atoms with E-state index in [-0.39, 0.29) is 23.5 Å². The average molecular weight is 999 g/mol. The number of hydrogen-bond acceptors (Lipinski definition) is 10. The van der Waals surface area contributed by atoms with E-state index in [2.05, 4.69) is 42.2 Å². The van der Waals surface area contributed by atoms with Crippen molar-refractivity contribution in [1.82, 2.24) is 9.97 Å². The van der Waals surface area contributed by atoms with E-state index in [1.807, 2.05) is 24.3 Å². The molecular formula is C50H40F6N6O6S2. The van der Waals surface area contributed by atoms with E-state index in [9.17, 15) is 43.2 Å². The molecule has 2 unspecified atom stereocenters. The summed E-state index contributed by atoms with van der Waals surface area (Å²) in [5, 5.41) is 7.82. The minimum Gasteiger partial charge on any atom is -0.497 e. The quantitative estimate of drug-likeness (QED) is 0.0685. The highest BCUT2D eigenvalue weighted by atomic mass is 32.2. The van der Waals surface area contributed by atoms with E-state index in [1.54, 1.807) is 62.8 Å². The van der Waals surface area contributed by atoms with E-state index in [0.29, 0.717) is 57.7 Å². The highest BCUT2D eigenvalue weighted by Crippen LogP contribution is 2.38. The van der Waals surface area contributed by atoms with E-state index in [0.717, 1.165) is 48.3 Å². The first-order valence-electron chi connectivity index (χ1n) is 21.5. The van der Waals surface area contributed by atoms with Crippen molar-refractivity contribution >= 4 is 64.9 Å². The number of pyridine rings is 2. The van der Waals surface area contributed by atoms with Gasteiger partial charge in [0.25, 0.3) is 20.0 Å². The van der Waals surface area contributed by atoms with Crippen molar-refractivity contribution in [2.75, 3.05) is 34.3 Å². The molecule has 8 aromatic rings. The molecule has 2 heterocycles. The van der Waals surface area contributed by atoms with Crippen molar-refractivity contribution in [2.24, 2.45) is 0 Å². The van der Waals surface area contributed by atoms with Crippen LogP contribution < -0.4 is 29.6 Å². The van der Waals surface area contributed by atoms with Crippen molar-refractivity contribution in [1.29, 1.82) is 0 Å². The molecular weight excluding hydrogens is 959 g/mol. The van der Waals surface area contributed by atoms with Gasteiger partial charge >= 0.3 is 0 Å². The number of anilines is 4. The maximum atomic E-state index is 13.6. The van der Waals surface area contributed by atoms with Gasteiger partial charge in [-0.2, -0.15) is 0 Å². The zero-order valence-electron chi connectivity index (χ0n) is 37.0. The summed E-state index contributed by atoms with van der Waals surface area (Å²) in [5.74, 6) is -7.05. The molecule has 0 spiro atoms. The summed E-state index contributed by atoms with van der Waals surface area (Å²) in [4.78, 5) is 7.76. The minimum absolute atomic E-state index is 0.0509. The molecule has 2 aromatic heterocycles. The lowest BCUT2D eigenvalue weighted by molar-refractivity contribution is 0.414. The van der Waals surface area contributed by atoms with Crippen LogP contribution in [0.1, 0.15) is 47.2 Å². The third-order valence-corrected chi connectivity index (χ3v) is 14.7. The zero-order valence-corrected chi connectivity index (χ0v) is 38.6. The van der Waals surface area contributed by atoms with Crippen molar-refractivity contribution in [2.45, 2.75) is 47.6 Å². The number of methoxy groups -OCH3 is 2. The molecule has 0 aliphatic heterocycles. The maximum absolute atomic E-state index is 13.6. The van der Waals surface area contributed by atoms with Gasteiger partial charge < -0.3 is 20.1 Å². The summed E-state index contributed by atoms with van der Waals surface area (Å²) < 4.78 is 147. The molecule has 0 fully saturated rings. The molecule has 70 heavy (non-hydrogen) atoms. The molecule has 2 aliphatic rings. The Hall–Kier alpha value is -7.58. The summed E-state index contributed by atoms with van der Waals surface area (Å²) in [7, 11) is -5.53. The maximum Gasteiger partial charge on any atom is 0.262 e. The molecule has 0 bridgehead atoms. The number of benzene rings is 6. The predicted molar refractivity (Wildman–Crippen MR) is 253 cm³/mol. The monoisotopic (exact) mass is 998 g/mol. The van der Waals surface area contributed by atoms with Gasteiger partial charge in [0.2, 0.25) is 0 Å². The molecule has 360 valence electrons. The fourth-order valence-electron chi connectivity index (χ4n) is 8.50. The number of nitrogens with zero attached hydrogens (tertiary/aromatic N) is 2. The van der Waals surface area contributed by atoms with Crippen LogP contribution >= 0.6 is 0 Å². The molecule has 0 saturated carbocycles. The van der Waals surface area contributed by atoms with Gasteiger partial charge in [-0.15, -0.1) is 0 Å². The first kappa shape index (κ1) is 47.5. The van der Waals surface area contributed by atoms with Gasteiger partial charge in [-0.25, -0.2) is 53.1 Å². The summed E-state index contributed by atoms with van der Waals surface area (Å²) in [6.45, 7) is 0. The second-order valence-electron chi connectivity index (χ2n) is 16.4. The first-order valence-corrected chi connectivity index (χ1v) is 24.5. The van der Waals surface area contributed by atoms with Gasteiger partial charge in [-0.05, 0) is 145 Å². The van der Waals surface area contributed by atoms with Gasteiger partial charge in [-0.1, -0.05) is 24.3 Å². The number of aromatic nitrogens is 2. The average Bonchev–Trinajstić information content (AvgIpc) is 3.94. The Bertz CT molecular complexity index is 3310. The number of aryl methyl sites for hydroxylation is 2. The van der Waals surface area contributed by atoms with Crippen molar-refractivity contribution < 1.29 is 52.7 Å². The molecule has 12 nitrogen and oxygen atoms in total. The van der Waals surface area contributed by atoms with Crippen LogP contribution in [0.15, 0.2) is 131 Å². The van der Waals surface area contributed by atoms with Gasteiger partial charge in [0, 0.05) is 10.8 Å². The molecule has 2 aliphatic carbocycles. The van der Waals surface area contributed by atoms with Crippen LogP contribution in [0.3, 0.4) is 0 Å².